The third-order valence-electron chi connectivity index (χ3n) is 5.39. The average molecular weight is 367 g/mol. The van der Waals surface area contributed by atoms with E-state index in [1.54, 1.807) is 0 Å². The fraction of sp³-hybridized carbons (Fsp3) is 0.909. The van der Waals surface area contributed by atoms with Crippen LogP contribution in [-0.4, -0.2) is 22.4 Å². The van der Waals surface area contributed by atoms with Crippen LogP contribution in [0.1, 0.15) is 106 Å². The van der Waals surface area contributed by atoms with Gasteiger partial charge in [0.2, 0.25) is 0 Å². The van der Waals surface area contributed by atoms with Crippen LogP contribution in [0.5, 0.6) is 0 Å². The molecular formula is C22H38O4. The van der Waals surface area contributed by atoms with Crippen LogP contribution in [0.3, 0.4) is 0 Å². The van der Waals surface area contributed by atoms with Crippen molar-refractivity contribution >= 4 is 0 Å². The topological polar surface area (TPSA) is 36.9 Å². The summed E-state index contributed by atoms with van der Waals surface area (Å²) < 4.78 is 0. The van der Waals surface area contributed by atoms with Gasteiger partial charge in [0, 0.05) is 0 Å². The molecule has 150 valence electrons. The molecule has 0 amide bonds. The predicted molar refractivity (Wildman–Crippen MR) is 103 cm³/mol. The summed E-state index contributed by atoms with van der Waals surface area (Å²) in [6.45, 7) is 11.9. The first-order chi connectivity index (χ1) is 12.0. The lowest BCUT2D eigenvalue weighted by molar-refractivity contribution is -0.398. The van der Waals surface area contributed by atoms with Crippen LogP contribution in [0.15, 0.2) is 0 Å². The smallest absolute Gasteiger partial charge is 0.158 e. The third-order valence-corrected chi connectivity index (χ3v) is 5.39. The molecule has 4 nitrogen and oxygen atoms in total. The molecule has 0 aromatic heterocycles. The van der Waals surface area contributed by atoms with Crippen molar-refractivity contribution < 1.29 is 19.6 Å². The largest absolute Gasteiger partial charge is 0.229 e. The minimum atomic E-state index is -0.699. The quantitative estimate of drug-likeness (QED) is 0.334. The standard InChI is InChI=1S/C22H38O4/c1-19(2,23-25-21(5)13-9-7-10-14-21)17-18-20(3,4)24-26-22(6)15-11-8-12-16-22/h7-16H2,1-6H3. The number of hydrogen-bond acceptors (Lipinski definition) is 4. The summed E-state index contributed by atoms with van der Waals surface area (Å²) in [7, 11) is 0. The Kier molecular flexibility index (Phi) is 7.18. The van der Waals surface area contributed by atoms with Gasteiger partial charge in [-0.05, 0) is 67.2 Å². The van der Waals surface area contributed by atoms with Gasteiger partial charge in [0.05, 0.1) is 0 Å². The van der Waals surface area contributed by atoms with Crippen LogP contribution in [0.25, 0.3) is 0 Å². The summed E-state index contributed by atoms with van der Waals surface area (Å²) in [4.78, 5) is 23.0. The Balaban J connectivity index is 1.85. The Labute approximate surface area is 160 Å². The van der Waals surface area contributed by atoms with Gasteiger partial charge in [-0.3, -0.25) is 0 Å². The Morgan fingerprint density at radius 3 is 1.19 bits per heavy atom. The van der Waals surface area contributed by atoms with Crippen molar-refractivity contribution in [3.05, 3.63) is 0 Å². The van der Waals surface area contributed by atoms with Crippen LogP contribution < -0.4 is 0 Å². The van der Waals surface area contributed by atoms with Crippen LogP contribution in [-0.2, 0) is 19.6 Å². The molecule has 2 fully saturated rings. The molecule has 0 N–H and O–H groups in total. The number of rotatable bonds is 6. The molecule has 4 heteroatoms. The van der Waals surface area contributed by atoms with Crippen LogP contribution in [0.4, 0.5) is 0 Å². The van der Waals surface area contributed by atoms with Gasteiger partial charge in [-0.25, -0.2) is 19.6 Å². The molecule has 0 heterocycles. The minimum absolute atomic E-state index is 0.193. The van der Waals surface area contributed by atoms with E-state index in [0.29, 0.717) is 0 Å². The highest BCUT2D eigenvalue weighted by Crippen LogP contribution is 2.33. The van der Waals surface area contributed by atoms with Gasteiger partial charge in [0.1, 0.15) is 11.2 Å². The Hall–Kier alpha value is -0.600. The Morgan fingerprint density at radius 2 is 0.885 bits per heavy atom. The van der Waals surface area contributed by atoms with Crippen LogP contribution in [0, 0.1) is 11.8 Å². The summed E-state index contributed by atoms with van der Waals surface area (Å²) >= 11 is 0. The van der Waals surface area contributed by atoms with E-state index in [1.807, 2.05) is 27.7 Å². The van der Waals surface area contributed by atoms with Gasteiger partial charge in [-0.15, -0.1) is 0 Å². The van der Waals surface area contributed by atoms with E-state index >= 15 is 0 Å². The molecule has 0 unspecified atom stereocenters. The highest BCUT2D eigenvalue weighted by molar-refractivity contribution is 5.17. The maximum atomic E-state index is 5.80. The zero-order valence-electron chi connectivity index (χ0n) is 17.7. The minimum Gasteiger partial charge on any atom is -0.229 e. The molecule has 2 rings (SSSR count). The lowest BCUT2D eigenvalue weighted by atomic mass is 9.87. The highest BCUT2D eigenvalue weighted by atomic mass is 17.2. The summed E-state index contributed by atoms with van der Waals surface area (Å²) in [6.07, 6.45) is 11.5. The second-order valence-electron chi connectivity index (χ2n) is 9.63. The first kappa shape index (κ1) is 21.7. The van der Waals surface area contributed by atoms with Gasteiger partial charge in [-0.1, -0.05) is 50.4 Å². The fourth-order valence-corrected chi connectivity index (χ4v) is 3.52. The molecule has 2 aliphatic rings. The first-order valence-corrected chi connectivity index (χ1v) is 10.3. The van der Waals surface area contributed by atoms with E-state index in [0.717, 1.165) is 25.7 Å². The van der Waals surface area contributed by atoms with Crippen molar-refractivity contribution in [1.82, 2.24) is 0 Å². The molecule has 26 heavy (non-hydrogen) atoms. The van der Waals surface area contributed by atoms with Crippen molar-refractivity contribution in [2.24, 2.45) is 0 Å². The van der Waals surface area contributed by atoms with Gasteiger partial charge in [-0.2, -0.15) is 0 Å². The van der Waals surface area contributed by atoms with Gasteiger partial charge < -0.3 is 0 Å². The highest BCUT2D eigenvalue weighted by Gasteiger charge is 2.33. The molecular weight excluding hydrogens is 328 g/mol. The van der Waals surface area contributed by atoms with Crippen LogP contribution >= 0.6 is 0 Å². The monoisotopic (exact) mass is 366 g/mol. The maximum Gasteiger partial charge on any atom is 0.158 e. The fourth-order valence-electron chi connectivity index (χ4n) is 3.52. The summed E-state index contributed by atoms with van der Waals surface area (Å²) in [5.41, 5.74) is -1.78. The Morgan fingerprint density at radius 1 is 0.577 bits per heavy atom. The lowest BCUT2D eigenvalue weighted by Gasteiger charge is -2.35. The molecule has 0 radical (unpaired) electrons. The molecule has 0 atom stereocenters. The normalized spacial score (nSPS) is 23.2. The van der Waals surface area contributed by atoms with E-state index in [2.05, 4.69) is 25.7 Å². The van der Waals surface area contributed by atoms with Gasteiger partial charge in [0.15, 0.2) is 11.2 Å². The summed E-state index contributed by atoms with van der Waals surface area (Å²) in [5.74, 6) is 6.31. The van der Waals surface area contributed by atoms with E-state index in [9.17, 15) is 0 Å². The van der Waals surface area contributed by atoms with Crippen molar-refractivity contribution in [3.8, 4) is 11.8 Å². The van der Waals surface area contributed by atoms with Crippen molar-refractivity contribution in [3.63, 3.8) is 0 Å². The summed E-state index contributed by atoms with van der Waals surface area (Å²) in [6, 6.07) is 0. The predicted octanol–water partition coefficient (Wildman–Crippen LogP) is 5.89. The average Bonchev–Trinajstić information content (AvgIpc) is 2.59. The van der Waals surface area contributed by atoms with Gasteiger partial charge in [0.25, 0.3) is 0 Å². The second kappa shape index (κ2) is 8.61. The summed E-state index contributed by atoms with van der Waals surface area (Å²) in [5, 5.41) is 0. The molecule has 0 aromatic carbocycles. The SMILES string of the molecule is CC(C)(C#CC(C)(C)OOC1(C)CCCCC1)OOC1(C)CCCCC1. The third kappa shape index (κ3) is 7.19. The van der Waals surface area contributed by atoms with Crippen molar-refractivity contribution in [2.45, 2.75) is 128 Å². The molecule has 0 aromatic rings. The number of hydrogen-bond donors (Lipinski definition) is 0. The molecule has 2 aliphatic carbocycles. The van der Waals surface area contributed by atoms with Crippen molar-refractivity contribution in [2.75, 3.05) is 0 Å². The second-order valence-corrected chi connectivity index (χ2v) is 9.63. The van der Waals surface area contributed by atoms with E-state index < -0.39 is 11.2 Å². The van der Waals surface area contributed by atoms with E-state index in [1.165, 1.54) is 38.5 Å². The maximum absolute atomic E-state index is 5.80. The lowest BCUT2D eigenvalue weighted by Crippen LogP contribution is -2.37. The zero-order chi connectivity index (χ0) is 19.3. The van der Waals surface area contributed by atoms with Gasteiger partial charge >= 0.3 is 0 Å². The molecule has 0 aliphatic heterocycles. The molecule has 0 spiro atoms. The van der Waals surface area contributed by atoms with E-state index in [4.69, 9.17) is 19.6 Å². The zero-order valence-corrected chi connectivity index (χ0v) is 17.7. The molecule has 0 bridgehead atoms. The van der Waals surface area contributed by atoms with Crippen LogP contribution in [0.2, 0.25) is 0 Å². The Bertz CT molecular complexity index is 456. The molecule has 2 saturated carbocycles. The molecule has 0 saturated heterocycles. The first-order valence-electron chi connectivity index (χ1n) is 10.3. The van der Waals surface area contributed by atoms with E-state index in [-0.39, 0.29) is 11.2 Å². The van der Waals surface area contributed by atoms with Crippen molar-refractivity contribution in [1.29, 1.82) is 0 Å².